The fourth-order valence-corrected chi connectivity index (χ4v) is 5.30. The van der Waals surface area contributed by atoms with Crippen molar-refractivity contribution in [3.63, 3.8) is 0 Å². The van der Waals surface area contributed by atoms with E-state index in [1.54, 1.807) is 6.21 Å². The number of rotatable bonds is 7. The Balaban J connectivity index is 1.46. The number of ether oxygens (including phenoxy) is 1. The van der Waals surface area contributed by atoms with E-state index in [1.165, 1.54) is 16.4 Å². The maximum atomic E-state index is 12.7. The molecule has 0 aromatic heterocycles. The molecule has 32 heavy (non-hydrogen) atoms. The summed E-state index contributed by atoms with van der Waals surface area (Å²) in [7, 11) is -3.74. The average molecular weight is 460 g/mol. The van der Waals surface area contributed by atoms with Crippen LogP contribution in [0.1, 0.15) is 18.4 Å². The van der Waals surface area contributed by atoms with Crippen molar-refractivity contribution in [2.45, 2.75) is 17.7 Å². The molecule has 2 saturated heterocycles. The molecular formula is C21H25N5O5S. The predicted octanol–water partition coefficient (Wildman–Crippen LogP) is 2.66. The first-order valence-corrected chi connectivity index (χ1v) is 11.9. The van der Waals surface area contributed by atoms with Crippen molar-refractivity contribution in [3.05, 3.63) is 58.1 Å². The van der Waals surface area contributed by atoms with Crippen LogP contribution in [0.2, 0.25) is 0 Å². The van der Waals surface area contributed by atoms with E-state index in [0.29, 0.717) is 26.3 Å². The molecule has 11 heteroatoms. The monoisotopic (exact) mass is 459 g/mol. The van der Waals surface area contributed by atoms with E-state index in [2.05, 4.69) is 15.4 Å². The third-order valence-electron chi connectivity index (χ3n) is 5.54. The maximum absolute atomic E-state index is 12.7. The van der Waals surface area contributed by atoms with Crippen LogP contribution < -0.4 is 10.3 Å². The Morgan fingerprint density at radius 3 is 2.38 bits per heavy atom. The number of nitrogens with zero attached hydrogens (tertiary/aromatic N) is 4. The largest absolute Gasteiger partial charge is 0.378 e. The lowest BCUT2D eigenvalue weighted by Crippen LogP contribution is -2.36. The van der Waals surface area contributed by atoms with E-state index in [1.807, 2.05) is 24.3 Å². The van der Waals surface area contributed by atoms with Gasteiger partial charge in [0, 0.05) is 37.9 Å². The SMILES string of the molecule is O=[N+]([O-])c1cc(S(=O)(=O)N2CCCC2)ccc1NN=Cc1ccc(N2CCOCC2)cc1. The molecule has 2 heterocycles. The molecule has 0 unspecified atom stereocenters. The summed E-state index contributed by atoms with van der Waals surface area (Å²) in [5, 5.41) is 15.6. The molecule has 2 aliphatic heterocycles. The van der Waals surface area contributed by atoms with E-state index >= 15 is 0 Å². The van der Waals surface area contributed by atoms with Crippen molar-refractivity contribution in [1.29, 1.82) is 0 Å². The lowest BCUT2D eigenvalue weighted by atomic mass is 10.2. The molecule has 4 rings (SSSR count). The van der Waals surface area contributed by atoms with Crippen molar-refractivity contribution < 1.29 is 18.1 Å². The second kappa shape index (κ2) is 9.63. The molecule has 0 radical (unpaired) electrons. The molecule has 2 aliphatic rings. The second-order valence-corrected chi connectivity index (χ2v) is 9.55. The minimum atomic E-state index is -3.74. The average Bonchev–Trinajstić information content (AvgIpc) is 3.36. The smallest absolute Gasteiger partial charge is 0.295 e. The molecule has 2 aromatic carbocycles. The number of hydrogen-bond donors (Lipinski definition) is 1. The maximum Gasteiger partial charge on any atom is 0.295 e. The Bertz CT molecular complexity index is 1090. The van der Waals surface area contributed by atoms with E-state index in [0.717, 1.165) is 43.2 Å². The lowest BCUT2D eigenvalue weighted by molar-refractivity contribution is -0.384. The minimum absolute atomic E-state index is 0.0840. The quantitative estimate of drug-likeness (QED) is 0.384. The van der Waals surface area contributed by atoms with Crippen LogP contribution in [0.5, 0.6) is 0 Å². The van der Waals surface area contributed by atoms with Gasteiger partial charge in [0.15, 0.2) is 0 Å². The van der Waals surface area contributed by atoms with Crippen molar-refractivity contribution in [1.82, 2.24) is 4.31 Å². The molecule has 170 valence electrons. The van der Waals surface area contributed by atoms with Crippen molar-refractivity contribution in [3.8, 4) is 0 Å². The number of morpholine rings is 1. The molecule has 0 bridgehead atoms. The van der Waals surface area contributed by atoms with Crippen LogP contribution in [-0.4, -0.2) is 63.3 Å². The van der Waals surface area contributed by atoms with Gasteiger partial charge >= 0.3 is 0 Å². The van der Waals surface area contributed by atoms with Gasteiger partial charge in [0.2, 0.25) is 10.0 Å². The van der Waals surface area contributed by atoms with Crippen LogP contribution in [0, 0.1) is 10.1 Å². The molecule has 0 spiro atoms. The topological polar surface area (TPSA) is 117 Å². The number of nitrogens with one attached hydrogen (secondary N) is 1. The van der Waals surface area contributed by atoms with Gasteiger partial charge in [-0.15, -0.1) is 0 Å². The second-order valence-electron chi connectivity index (χ2n) is 7.61. The third kappa shape index (κ3) is 4.90. The number of benzene rings is 2. The van der Waals surface area contributed by atoms with E-state index < -0.39 is 14.9 Å². The van der Waals surface area contributed by atoms with Crippen LogP contribution in [0.25, 0.3) is 0 Å². The lowest BCUT2D eigenvalue weighted by Gasteiger charge is -2.28. The highest BCUT2D eigenvalue weighted by molar-refractivity contribution is 7.89. The summed E-state index contributed by atoms with van der Waals surface area (Å²) in [5.41, 5.74) is 4.37. The summed E-state index contributed by atoms with van der Waals surface area (Å²) in [6.07, 6.45) is 3.15. The molecular weight excluding hydrogens is 434 g/mol. The van der Waals surface area contributed by atoms with Crippen LogP contribution in [0.3, 0.4) is 0 Å². The first-order chi connectivity index (χ1) is 15.4. The zero-order chi connectivity index (χ0) is 22.6. The first kappa shape index (κ1) is 22.2. The first-order valence-electron chi connectivity index (χ1n) is 10.5. The van der Waals surface area contributed by atoms with Crippen molar-refractivity contribution >= 4 is 33.3 Å². The zero-order valence-corrected chi connectivity index (χ0v) is 18.3. The zero-order valence-electron chi connectivity index (χ0n) is 17.5. The van der Waals surface area contributed by atoms with Gasteiger partial charge in [-0.25, -0.2) is 8.42 Å². The summed E-state index contributed by atoms with van der Waals surface area (Å²) in [6, 6.07) is 11.6. The summed E-state index contributed by atoms with van der Waals surface area (Å²) < 4.78 is 32.1. The Morgan fingerprint density at radius 2 is 1.72 bits per heavy atom. The van der Waals surface area contributed by atoms with Crippen LogP contribution in [0.4, 0.5) is 17.1 Å². The Labute approximate surface area is 186 Å². The highest BCUT2D eigenvalue weighted by Gasteiger charge is 2.29. The Hall–Kier alpha value is -3.02. The van der Waals surface area contributed by atoms with Gasteiger partial charge in [0.05, 0.1) is 29.2 Å². The molecule has 2 fully saturated rings. The highest BCUT2D eigenvalue weighted by Crippen LogP contribution is 2.30. The summed E-state index contributed by atoms with van der Waals surface area (Å²) in [6.45, 7) is 3.99. The van der Waals surface area contributed by atoms with Gasteiger partial charge in [-0.3, -0.25) is 15.5 Å². The molecule has 0 amide bonds. The number of sulfonamides is 1. The van der Waals surface area contributed by atoms with E-state index in [9.17, 15) is 18.5 Å². The van der Waals surface area contributed by atoms with Crippen molar-refractivity contribution in [2.75, 3.05) is 49.7 Å². The standard InChI is InChI=1S/C21H25N5O5S/c27-26(28)21-15-19(32(29,30)25-9-1-2-10-25)7-8-20(21)23-22-16-17-3-5-18(6-4-17)24-11-13-31-14-12-24/h3-8,15-16,23H,1-2,9-14H2. The Morgan fingerprint density at radius 1 is 1.03 bits per heavy atom. The van der Waals surface area contributed by atoms with Gasteiger partial charge in [-0.05, 0) is 42.7 Å². The summed E-state index contributed by atoms with van der Waals surface area (Å²) >= 11 is 0. The molecule has 1 N–H and O–H groups in total. The molecule has 0 saturated carbocycles. The number of nitro groups is 1. The fraction of sp³-hybridized carbons (Fsp3) is 0.381. The van der Waals surface area contributed by atoms with Crippen LogP contribution >= 0.6 is 0 Å². The predicted molar refractivity (Wildman–Crippen MR) is 122 cm³/mol. The van der Waals surface area contributed by atoms with Crippen LogP contribution in [0.15, 0.2) is 52.5 Å². The van der Waals surface area contributed by atoms with Gasteiger partial charge in [-0.2, -0.15) is 9.41 Å². The van der Waals surface area contributed by atoms with Gasteiger partial charge < -0.3 is 9.64 Å². The normalized spacial score (nSPS) is 17.7. The summed E-state index contributed by atoms with van der Waals surface area (Å²) in [5.74, 6) is 0. The van der Waals surface area contributed by atoms with Crippen molar-refractivity contribution in [2.24, 2.45) is 5.10 Å². The highest BCUT2D eigenvalue weighted by atomic mass is 32.2. The number of hydrazone groups is 1. The van der Waals surface area contributed by atoms with Crippen LogP contribution in [-0.2, 0) is 14.8 Å². The van der Waals surface area contributed by atoms with Gasteiger partial charge in [-0.1, -0.05) is 12.1 Å². The molecule has 0 aliphatic carbocycles. The number of hydrogen-bond acceptors (Lipinski definition) is 8. The molecule has 0 atom stereocenters. The third-order valence-corrected chi connectivity index (χ3v) is 7.43. The number of nitro benzene ring substituents is 1. The Kier molecular flexibility index (Phi) is 6.68. The van der Waals surface area contributed by atoms with E-state index in [4.69, 9.17) is 4.74 Å². The summed E-state index contributed by atoms with van der Waals surface area (Å²) in [4.78, 5) is 13.1. The molecule has 2 aromatic rings. The van der Waals surface area contributed by atoms with Gasteiger partial charge in [0.1, 0.15) is 5.69 Å². The minimum Gasteiger partial charge on any atom is -0.378 e. The van der Waals surface area contributed by atoms with Gasteiger partial charge in [0.25, 0.3) is 5.69 Å². The molecule has 10 nitrogen and oxygen atoms in total. The van der Waals surface area contributed by atoms with E-state index in [-0.39, 0.29) is 16.3 Å². The number of anilines is 2. The fourth-order valence-electron chi connectivity index (χ4n) is 3.76.